The van der Waals surface area contributed by atoms with Crippen LogP contribution in [-0.4, -0.2) is 62.7 Å². The summed E-state index contributed by atoms with van der Waals surface area (Å²) in [7, 11) is -4.12. The number of ether oxygens (including phenoxy) is 1. The fourth-order valence-electron chi connectivity index (χ4n) is 4.26. The van der Waals surface area contributed by atoms with Gasteiger partial charge in [-0.3, -0.25) is 4.79 Å². The quantitative estimate of drug-likeness (QED) is 0.614. The number of amides is 1. The van der Waals surface area contributed by atoms with Gasteiger partial charge in [0, 0.05) is 17.5 Å². The molecule has 4 rings (SSSR count). The highest BCUT2D eigenvalue weighted by Crippen LogP contribution is 2.37. The number of benzene rings is 2. The number of carbonyl (C=O) groups excluding carboxylic acids is 1. The van der Waals surface area contributed by atoms with Crippen LogP contribution in [0.4, 0.5) is 22.0 Å². The first-order chi connectivity index (χ1) is 15.9. The van der Waals surface area contributed by atoms with Crippen molar-refractivity contribution in [1.82, 2.24) is 9.62 Å². The van der Waals surface area contributed by atoms with Gasteiger partial charge in [0.1, 0.15) is 29.6 Å². The third-order valence-corrected chi connectivity index (χ3v) is 6.63. The van der Waals surface area contributed by atoms with Crippen LogP contribution in [0.3, 0.4) is 0 Å². The largest absolute Gasteiger partial charge is 0.368 e. The molecule has 0 saturated carbocycles. The van der Waals surface area contributed by atoms with Crippen LogP contribution in [0.25, 0.3) is 11.1 Å². The molecular weight excluding hydrogens is 483 g/mol. The van der Waals surface area contributed by atoms with E-state index in [1.165, 1.54) is 18.2 Å². The summed E-state index contributed by atoms with van der Waals surface area (Å²) in [5, 5.41) is 0. The highest BCUT2D eigenvalue weighted by molar-refractivity contribution is 7.88. The van der Waals surface area contributed by atoms with Gasteiger partial charge in [0.25, 0.3) is 11.8 Å². The van der Waals surface area contributed by atoms with Crippen LogP contribution in [0.15, 0.2) is 36.4 Å². The van der Waals surface area contributed by atoms with Crippen LogP contribution in [0.1, 0.15) is 12.0 Å². The molecule has 0 unspecified atom stereocenters. The van der Waals surface area contributed by atoms with Crippen LogP contribution in [0.5, 0.6) is 0 Å². The summed E-state index contributed by atoms with van der Waals surface area (Å²) in [6.07, 6.45) is -0.417. The Morgan fingerprint density at radius 3 is 2.50 bits per heavy atom. The number of hydrogen-bond acceptors (Lipinski definition) is 4. The molecule has 0 bridgehead atoms. The van der Waals surface area contributed by atoms with Gasteiger partial charge in [-0.05, 0) is 30.2 Å². The summed E-state index contributed by atoms with van der Waals surface area (Å²) in [5.74, 6) is -7.07. The first kappa shape index (κ1) is 24.6. The first-order valence-electron chi connectivity index (χ1n) is 10.4. The van der Waals surface area contributed by atoms with Gasteiger partial charge in [-0.2, -0.15) is 0 Å². The number of rotatable bonds is 6. The molecule has 6 nitrogen and oxygen atoms in total. The van der Waals surface area contributed by atoms with Crippen molar-refractivity contribution in [2.45, 2.75) is 37.0 Å². The minimum absolute atomic E-state index is 0.170. The fraction of sp³-hybridized carbons (Fsp3) is 0.409. The average molecular weight is 504 g/mol. The zero-order chi connectivity index (χ0) is 24.8. The Bertz CT molecular complexity index is 1220. The van der Waals surface area contributed by atoms with Gasteiger partial charge < -0.3 is 9.64 Å². The van der Waals surface area contributed by atoms with Crippen molar-refractivity contribution < 1.29 is 39.9 Å². The van der Waals surface area contributed by atoms with E-state index in [2.05, 4.69) is 0 Å². The van der Waals surface area contributed by atoms with Crippen LogP contribution < -0.4 is 4.72 Å². The molecule has 0 radical (unpaired) electrons. The molecule has 0 aliphatic carbocycles. The minimum atomic E-state index is -4.12. The zero-order valence-electron chi connectivity index (χ0n) is 17.9. The Morgan fingerprint density at radius 1 is 1.18 bits per heavy atom. The average Bonchev–Trinajstić information content (AvgIpc) is 2.93. The lowest BCUT2D eigenvalue weighted by Crippen LogP contribution is -2.54. The van der Waals surface area contributed by atoms with E-state index in [1.807, 2.05) is 4.72 Å². The van der Waals surface area contributed by atoms with Crippen LogP contribution >= 0.6 is 0 Å². The summed E-state index contributed by atoms with van der Waals surface area (Å²) >= 11 is 0. The van der Waals surface area contributed by atoms with Gasteiger partial charge in [0.15, 0.2) is 0 Å². The molecule has 2 aliphatic heterocycles. The molecule has 34 heavy (non-hydrogen) atoms. The topological polar surface area (TPSA) is 75.7 Å². The smallest absolute Gasteiger partial charge is 0.283 e. The molecule has 1 N–H and O–H groups in total. The standard InChI is InChI=1S/C22H21F5N2O4S/c1-34(31,32)28-20-17(29(11-22(20,26)27)21(30)18-7-8-33-18)9-12-3-2-4-14(19(12)25)15-10-13(23)5-6-16(15)24/h2-6,10,17-18,20,28H,7-9,11H2,1H3/t17-,18-,20+/m0/s1. The molecule has 2 aliphatic rings. The Hall–Kier alpha value is -2.57. The molecule has 0 spiro atoms. The lowest BCUT2D eigenvalue weighted by Gasteiger charge is -2.33. The molecular formula is C22H21F5N2O4S. The predicted octanol–water partition coefficient (Wildman–Crippen LogP) is 2.87. The van der Waals surface area contributed by atoms with E-state index in [0.29, 0.717) is 12.7 Å². The second kappa shape index (κ2) is 8.90. The van der Waals surface area contributed by atoms with E-state index in [4.69, 9.17) is 4.74 Å². The Balaban J connectivity index is 1.74. The van der Waals surface area contributed by atoms with Gasteiger partial charge in [-0.25, -0.2) is 35.1 Å². The monoisotopic (exact) mass is 504 g/mol. The number of hydrogen-bond donors (Lipinski definition) is 1. The van der Waals surface area contributed by atoms with E-state index in [-0.39, 0.29) is 23.3 Å². The summed E-state index contributed by atoms with van der Waals surface area (Å²) in [5.41, 5.74) is -0.832. The van der Waals surface area contributed by atoms with E-state index in [0.717, 1.165) is 23.1 Å². The van der Waals surface area contributed by atoms with E-state index >= 15 is 4.39 Å². The third-order valence-electron chi connectivity index (χ3n) is 5.95. The van der Waals surface area contributed by atoms with Crippen molar-refractivity contribution in [2.75, 3.05) is 19.4 Å². The van der Waals surface area contributed by atoms with E-state index < -0.39 is 70.5 Å². The number of nitrogens with zero attached hydrogens (tertiary/aromatic N) is 1. The fourth-order valence-corrected chi connectivity index (χ4v) is 5.05. The summed E-state index contributed by atoms with van der Waals surface area (Å²) in [4.78, 5) is 13.6. The van der Waals surface area contributed by atoms with Crippen molar-refractivity contribution in [3.05, 3.63) is 59.4 Å². The summed E-state index contributed by atoms with van der Waals surface area (Å²) < 4.78 is 104. The van der Waals surface area contributed by atoms with Gasteiger partial charge in [-0.15, -0.1) is 0 Å². The van der Waals surface area contributed by atoms with Crippen LogP contribution in [0, 0.1) is 17.5 Å². The maximum Gasteiger partial charge on any atom is 0.283 e. The van der Waals surface area contributed by atoms with Crippen LogP contribution in [0.2, 0.25) is 0 Å². The van der Waals surface area contributed by atoms with Crippen molar-refractivity contribution in [1.29, 1.82) is 0 Å². The van der Waals surface area contributed by atoms with Crippen molar-refractivity contribution in [2.24, 2.45) is 0 Å². The molecule has 2 heterocycles. The van der Waals surface area contributed by atoms with E-state index in [9.17, 15) is 30.8 Å². The first-order valence-corrected chi connectivity index (χ1v) is 12.3. The number of nitrogens with one attached hydrogen (secondary N) is 1. The molecule has 0 aromatic heterocycles. The Labute approximate surface area is 192 Å². The third kappa shape index (κ3) is 4.80. The number of alkyl halides is 2. The molecule has 1 amide bonds. The molecule has 3 atom stereocenters. The molecule has 2 aromatic rings. The SMILES string of the molecule is CS(=O)(=O)N[C@@H]1[C@H](Cc2cccc(-c3cc(F)ccc3F)c2F)N(C(=O)[C@@H]2CCO2)CC1(F)F. The van der Waals surface area contributed by atoms with E-state index in [1.54, 1.807) is 0 Å². The zero-order valence-corrected chi connectivity index (χ0v) is 18.7. The molecule has 2 fully saturated rings. The Morgan fingerprint density at radius 2 is 1.88 bits per heavy atom. The number of likely N-dealkylation sites (tertiary alicyclic amines) is 1. The second-order valence-electron chi connectivity index (χ2n) is 8.42. The second-order valence-corrected chi connectivity index (χ2v) is 10.2. The maximum absolute atomic E-state index is 15.4. The summed E-state index contributed by atoms with van der Waals surface area (Å²) in [6, 6.07) is 2.83. The predicted molar refractivity (Wildman–Crippen MR) is 112 cm³/mol. The maximum atomic E-state index is 15.4. The lowest BCUT2D eigenvalue weighted by atomic mass is 9.95. The van der Waals surface area contributed by atoms with Gasteiger partial charge in [0.2, 0.25) is 10.0 Å². The normalized spacial score (nSPS) is 24.2. The van der Waals surface area contributed by atoms with Gasteiger partial charge >= 0.3 is 0 Å². The molecule has 12 heteroatoms. The highest BCUT2D eigenvalue weighted by Gasteiger charge is 2.57. The number of sulfonamides is 1. The minimum Gasteiger partial charge on any atom is -0.368 e. The van der Waals surface area contributed by atoms with Crippen LogP contribution in [-0.2, 0) is 26.0 Å². The Kier molecular flexibility index (Phi) is 6.42. The molecule has 2 saturated heterocycles. The van der Waals surface area contributed by atoms with Gasteiger partial charge in [0.05, 0.1) is 25.4 Å². The van der Waals surface area contributed by atoms with Crippen molar-refractivity contribution in [3.8, 4) is 11.1 Å². The number of halogens is 5. The number of carbonyl (C=O) groups is 1. The van der Waals surface area contributed by atoms with Gasteiger partial charge in [-0.1, -0.05) is 18.2 Å². The lowest BCUT2D eigenvalue weighted by molar-refractivity contribution is -0.158. The molecule has 2 aromatic carbocycles. The highest BCUT2D eigenvalue weighted by atomic mass is 32.2. The molecule has 184 valence electrons. The van der Waals surface area contributed by atoms with Crippen molar-refractivity contribution >= 4 is 15.9 Å². The summed E-state index contributed by atoms with van der Waals surface area (Å²) in [6.45, 7) is -0.796. The van der Waals surface area contributed by atoms with Crippen molar-refractivity contribution in [3.63, 3.8) is 0 Å².